The Morgan fingerprint density at radius 1 is 1.42 bits per heavy atom. The Hall–Kier alpha value is -1.88. The van der Waals surface area contributed by atoms with Crippen molar-refractivity contribution in [3.63, 3.8) is 0 Å². The second-order valence-electron chi connectivity index (χ2n) is 4.76. The number of aromatic nitrogens is 2. The molecule has 2 heterocycles. The average molecular weight is 261 g/mol. The summed E-state index contributed by atoms with van der Waals surface area (Å²) < 4.78 is 5.35. The highest BCUT2D eigenvalue weighted by Crippen LogP contribution is 2.28. The van der Waals surface area contributed by atoms with Gasteiger partial charge in [0.15, 0.2) is 5.75 Å². The zero-order chi connectivity index (χ0) is 13.8. The van der Waals surface area contributed by atoms with Gasteiger partial charge in [-0.15, -0.1) is 0 Å². The fourth-order valence-corrected chi connectivity index (χ4v) is 1.93. The number of nitrogens with one attached hydrogen (secondary N) is 1. The molecule has 2 rings (SSSR count). The van der Waals surface area contributed by atoms with E-state index in [0.29, 0.717) is 12.2 Å². The molecule has 0 aromatic carbocycles. The molecule has 0 spiro atoms. The normalized spacial score (nSPS) is 11.2. The average Bonchev–Trinajstić information content (AvgIpc) is 2.80. The van der Waals surface area contributed by atoms with Crippen molar-refractivity contribution in [2.24, 2.45) is 0 Å². The number of fused-ring (bicyclic) bond motifs is 1. The molecule has 5 heteroatoms. The van der Waals surface area contributed by atoms with Crippen molar-refractivity contribution in [1.29, 1.82) is 0 Å². The molecule has 0 radical (unpaired) electrons. The highest BCUT2D eigenvalue weighted by molar-refractivity contribution is 5.90. The van der Waals surface area contributed by atoms with Crippen molar-refractivity contribution < 1.29 is 9.53 Å². The van der Waals surface area contributed by atoms with Gasteiger partial charge in [0, 0.05) is 24.5 Å². The monoisotopic (exact) mass is 261 g/mol. The third-order valence-corrected chi connectivity index (χ3v) is 2.97. The van der Waals surface area contributed by atoms with Crippen LogP contribution < -0.4 is 4.74 Å². The number of aromatic amines is 1. The summed E-state index contributed by atoms with van der Waals surface area (Å²) in [6, 6.07) is 0. The molecule has 0 amide bonds. The summed E-state index contributed by atoms with van der Waals surface area (Å²) in [6.07, 6.45) is 6.56. The van der Waals surface area contributed by atoms with Crippen LogP contribution in [0.3, 0.4) is 0 Å². The summed E-state index contributed by atoms with van der Waals surface area (Å²) in [5.74, 6) is 0.299. The van der Waals surface area contributed by atoms with E-state index in [1.54, 1.807) is 19.3 Å². The molecule has 0 bridgehead atoms. The molecule has 0 aliphatic rings. The SMILES string of the molecule is CCC(=O)Oc1cncc2[nH]cc(CCN(C)C)c12. The van der Waals surface area contributed by atoms with E-state index in [1.807, 2.05) is 20.3 Å². The number of nitrogens with zero attached hydrogens (tertiary/aromatic N) is 2. The summed E-state index contributed by atoms with van der Waals surface area (Å²) in [6.45, 7) is 2.72. The molecule has 2 aromatic rings. The molecule has 0 aliphatic carbocycles. The Bertz CT molecular complexity index is 575. The minimum absolute atomic E-state index is 0.242. The van der Waals surface area contributed by atoms with Crippen LogP contribution in [0.4, 0.5) is 0 Å². The van der Waals surface area contributed by atoms with Gasteiger partial charge < -0.3 is 14.6 Å². The van der Waals surface area contributed by atoms with Crippen LogP contribution in [-0.2, 0) is 11.2 Å². The smallest absolute Gasteiger partial charge is 0.310 e. The number of H-pyrrole nitrogens is 1. The first kappa shape index (κ1) is 13.5. The number of hydrogen-bond acceptors (Lipinski definition) is 4. The molecule has 0 aliphatic heterocycles. The molecule has 0 fully saturated rings. The molecular weight excluding hydrogens is 242 g/mol. The Morgan fingerprint density at radius 2 is 2.21 bits per heavy atom. The maximum atomic E-state index is 11.5. The lowest BCUT2D eigenvalue weighted by molar-refractivity contribution is -0.133. The fourth-order valence-electron chi connectivity index (χ4n) is 1.93. The van der Waals surface area contributed by atoms with Gasteiger partial charge in [0.2, 0.25) is 0 Å². The van der Waals surface area contributed by atoms with Crippen molar-refractivity contribution in [3.05, 3.63) is 24.2 Å². The van der Waals surface area contributed by atoms with E-state index in [4.69, 9.17) is 4.74 Å². The standard InChI is InChI=1S/C14H19N3O2/c1-4-13(18)19-12-9-15-8-11-14(12)10(7-16-11)5-6-17(2)3/h7-9,16H,4-6H2,1-3H3. The number of hydrogen-bond donors (Lipinski definition) is 1. The summed E-state index contributed by atoms with van der Waals surface area (Å²) in [5.41, 5.74) is 2.04. The molecule has 0 saturated heterocycles. The molecule has 5 nitrogen and oxygen atoms in total. The Morgan fingerprint density at radius 3 is 2.89 bits per heavy atom. The van der Waals surface area contributed by atoms with Crippen molar-refractivity contribution in [3.8, 4) is 5.75 Å². The van der Waals surface area contributed by atoms with Gasteiger partial charge in [0.1, 0.15) is 0 Å². The molecular formula is C14H19N3O2. The van der Waals surface area contributed by atoms with E-state index in [2.05, 4.69) is 14.9 Å². The van der Waals surface area contributed by atoms with Gasteiger partial charge in [0.25, 0.3) is 0 Å². The summed E-state index contributed by atoms with van der Waals surface area (Å²) in [5, 5.41) is 0.957. The molecule has 0 atom stereocenters. The van der Waals surface area contributed by atoms with E-state index in [9.17, 15) is 4.79 Å². The van der Waals surface area contributed by atoms with Gasteiger partial charge in [-0.05, 0) is 26.1 Å². The minimum atomic E-state index is -0.242. The number of carbonyl (C=O) groups is 1. The van der Waals surface area contributed by atoms with Crippen molar-refractivity contribution >= 4 is 16.9 Å². The number of esters is 1. The molecule has 0 saturated carbocycles. The quantitative estimate of drug-likeness (QED) is 0.836. The minimum Gasteiger partial charge on any atom is -0.424 e. The number of ether oxygens (including phenoxy) is 1. The van der Waals surface area contributed by atoms with Crippen LogP contribution in [0.25, 0.3) is 10.9 Å². The van der Waals surface area contributed by atoms with Crippen molar-refractivity contribution in [2.75, 3.05) is 20.6 Å². The van der Waals surface area contributed by atoms with E-state index >= 15 is 0 Å². The zero-order valence-electron chi connectivity index (χ0n) is 11.6. The van der Waals surface area contributed by atoms with Crippen LogP contribution in [-0.4, -0.2) is 41.5 Å². The first-order chi connectivity index (χ1) is 9.11. The van der Waals surface area contributed by atoms with E-state index < -0.39 is 0 Å². The topological polar surface area (TPSA) is 58.2 Å². The summed E-state index contributed by atoms with van der Waals surface area (Å²) in [4.78, 5) is 20.8. The third kappa shape index (κ3) is 3.12. The maximum Gasteiger partial charge on any atom is 0.310 e. The molecule has 19 heavy (non-hydrogen) atoms. The van der Waals surface area contributed by atoms with Crippen LogP contribution in [0.1, 0.15) is 18.9 Å². The highest BCUT2D eigenvalue weighted by atomic mass is 16.5. The van der Waals surface area contributed by atoms with Gasteiger partial charge in [-0.1, -0.05) is 6.92 Å². The molecule has 1 N–H and O–H groups in total. The van der Waals surface area contributed by atoms with E-state index in [0.717, 1.165) is 29.4 Å². The fraction of sp³-hybridized carbons (Fsp3) is 0.429. The Balaban J connectivity index is 2.34. The van der Waals surface area contributed by atoms with Gasteiger partial charge in [-0.25, -0.2) is 0 Å². The zero-order valence-corrected chi connectivity index (χ0v) is 11.6. The van der Waals surface area contributed by atoms with Gasteiger partial charge in [-0.3, -0.25) is 9.78 Å². The van der Waals surface area contributed by atoms with Gasteiger partial charge in [-0.2, -0.15) is 0 Å². The van der Waals surface area contributed by atoms with Crippen LogP contribution in [0.15, 0.2) is 18.6 Å². The van der Waals surface area contributed by atoms with E-state index in [1.165, 1.54) is 0 Å². The summed E-state index contributed by atoms with van der Waals surface area (Å²) >= 11 is 0. The summed E-state index contributed by atoms with van der Waals surface area (Å²) in [7, 11) is 4.07. The number of rotatable bonds is 5. The van der Waals surface area contributed by atoms with Crippen LogP contribution in [0, 0.1) is 0 Å². The lowest BCUT2D eigenvalue weighted by Gasteiger charge is -2.09. The molecule has 2 aromatic heterocycles. The second-order valence-corrected chi connectivity index (χ2v) is 4.76. The first-order valence-electron chi connectivity index (χ1n) is 6.41. The third-order valence-electron chi connectivity index (χ3n) is 2.97. The second kappa shape index (κ2) is 5.84. The van der Waals surface area contributed by atoms with Crippen molar-refractivity contribution in [1.82, 2.24) is 14.9 Å². The maximum absolute atomic E-state index is 11.5. The van der Waals surface area contributed by atoms with Crippen LogP contribution in [0.2, 0.25) is 0 Å². The lowest BCUT2D eigenvalue weighted by atomic mass is 10.1. The molecule has 102 valence electrons. The Labute approximate surface area is 112 Å². The lowest BCUT2D eigenvalue weighted by Crippen LogP contribution is -2.15. The van der Waals surface area contributed by atoms with Gasteiger partial charge in [0.05, 0.1) is 17.9 Å². The predicted molar refractivity (Wildman–Crippen MR) is 74.3 cm³/mol. The Kier molecular flexibility index (Phi) is 4.16. The first-order valence-corrected chi connectivity index (χ1v) is 6.41. The number of likely N-dealkylation sites (N-methyl/N-ethyl adjacent to an activating group) is 1. The number of pyridine rings is 1. The van der Waals surface area contributed by atoms with Gasteiger partial charge >= 0.3 is 5.97 Å². The highest BCUT2D eigenvalue weighted by Gasteiger charge is 2.12. The van der Waals surface area contributed by atoms with E-state index in [-0.39, 0.29) is 5.97 Å². The largest absolute Gasteiger partial charge is 0.424 e. The van der Waals surface area contributed by atoms with Crippen molar-refractivity contribution in [2.45, 2.75) is 19.8 Å². The van der Waals surface area contributed by atoms with Crippen LogP contribution in [0.5, 0.6) is 5.75 Å². The molecule has 0 unspecified atom stereocenters. The predicted octanol–water partition coefficient (Wildman–Crippen LogP) is 1.98. The van der Waals surface area contributed by atoms with Crippen LogP contribution >= 0.6 is 0 Å². The number of carbonyl (C=O) groups excluding carboxylic acids is 1.